The molecule has 0 aromatic rings. The molecule has 0 amide bonds. The highest BCUT2D eigenvalue weighted by atomic mass is 35.5. The number of rotatable bonds is 7. The standard InChI is InChI=1S/C9H17ClO/c1-2-3-4-6-9(11)7-5-8-10/h2-8H2,1H3. The highest BCUT2D eigenvalue weighted by Crippen LogP contribution is 2.03. The van der Waals surface area contributed by atoms with E-state index < -0.39 is 0 Å². The van der Waals surface area contributed by atoms with Gasteiger partial charge in [-0.1, -0.05) is 19.8 Å². The molecule has 0 radical (unpaired) electrons. The highest BCUT2D eigenvalue weighted by Gasteiger charge is 1.99. The smallest absolute Gasteiger partial charge is 0.132 e. The van der Waals surface area contributed by atoms with Gasteiger partial charge in [0.1, 0.15) is 5.78 Å². The van der Waals surface area contributed by atoms with E-state index in [4.69, 9.17) is 11.6 Å². The Morgan fingerprint density at radius 1 is 1.18 bits per heavy atom. The van der Waals surface area contributed by atoms with Crippen molar-refractivity contribution in [2.75, 3.05) is 5.88 Å². The zero-order valence-electron chi connectivity index (χ0n) is 7.24. The summed E-state index contributed by atoms with van der Waals surface area (Å²) in [5, 5.41) is 0. The number of Topliss-reactive ketones (excluding diaryl/α,β-unsaturated/α-hetero) is 1. The molecule has 0 aliphatic rings. The van der Waals surface area contributed by atoms with Crippen LogP contribution in [-0.4, -0.2) is 11.7 Å². The van der Waals surface area contributed by atoms with Crippen LogP contribution in [0.4, 0.5) is 0 Å². The maximum Gasteiger partial charge on any atom is 0.132 e. The van der Waals surface area contributed by atoms with Crippen molar-refractivity contribution in [3.8, 4) is 0 Å². The molecule has 0 saturated heterocycles. The fourth-order valence-electron chi connectivity index (χ4n) is 0.961. The Labute approximate surface area is 74.1 Å². The third-order valence-corrected chi connectivity index (χ3v) is 1.92. The first kappa shape index (κ1) is 11.0. The molecule has 0 atom stereocenters. The molecule has 11 heavy (non-hydrogen) atoms. The maximum absolute atomic E-state index is 11.0. The Balaban J connectivity index is 3.09. The monoisotopic (exact) mass is 176 g/mol. The van der Waals surface area contributed by atoms with Crippen LogP contribution in [0.5, 0.6) is 0 Å². The zero-order valence-corrected chi connectivity index (χ0v) is 7.99. The number of halogens is 1. The van der Waals surface area contributed by atoms with Crippen molar-refractivity contribution < 1.29 is 4.79 Å². The molecule has 0 unspecified atom stereocenters. The molecule has 0 spiro atoms. The van der Waals surface area contributed by atoms with E-state index in [1.165, 1.54) is 12.8 Å². The Hall–Kier alpha value is -0.0400. The Bertz CT molecular complexity index is 102. The van der Waals surface area contributed by atoms with E-state index in [9.17, 15) is 4.79 Å². The SMILES string of the molecule is CCCCCC(=O)CCCCl. The van der Waals surface area contributed by atoms with Crippen LogP contribution < -0.4 is 0 Å². The third kappa shape index (κ3) is 7.86. The van der Waals surface area contributed by atoms with E-state index in [2.05, 4.69) is 6.92 Å². The molecular formula is C9H17ClO. The molecule has 0 aliphatic heterocycles. The van der Waals surface area contributed by atoms with Gasteiger partial charge in [0, 0.05) is 18.7 Å². The van der Waals surface area contributed by atoms with Crippen LogP contribution in [0, 0.1) is 0 Å². The minimum absolute atomic E-state index is 0.374. The van der Waals surface area contributed by atoms with Gasteiger partial charge in [0.15, 0.2) is 0 Å². The molecule has 0 bridgehead atoms. The van der Waals surface area contributed by atoms with Crippen LogP contribution in [0.15, 0.2) is 0 Å². The summed E-state index contributed by atoms with van der Waals surface area (Å²) in [5.41, 5.74) is 0. The summed E-state index contributed by atoms with van der Waals surface area (Å²) in [7, 11) is 0. The Morgan fingerprint density at radius 3 is 2.36 bits per heavy atom. The predicted octanol–water partition coefficient (Wildman–Crippen LogP) is 3.15. The highest BCUT2D eigenvalue weighted by molar-refractivity contribution is 6.17. The maximum atomic E-state index is 11.0. The second-order valence-electron chi connectivity index (χ2n) is 2.79. The van der Waals surface area contributed by atoms with Gasteiger partial charge in [-0.25, -0.2) is 0 Å². The van der Waals surface area contributed by atoms with E-state index in [1.54, 1.807) is 0 Å². The minimum Gasteiger partial charge on any atom is -0.300 e. The van der Waals surface area contributed by atoms with Crippen molar-refractivity contribution in [1.29, 1.82) is 0 Å². The fraction of sp³-hybridized carbons (Fsp3) is 0.889. The van der Waals surface area contributed by atoms with E-state index in [1.807, 2.05) is 0 Å². The molecule has 0 fully saturated rings. The molecule has 1 nitrogen and oxygen atoms in total. The lowest BCUT2D eigenvalue weighted by atomic mass is 10.1. The fourth-order valence-corrected chi connectivity index (χ4v) is 1.09. The van der Waals surface area contributed by atoms with Crippen molar-refractivity contribution in [3.63, 3.8) is 0 Å². The van der Waals surface area contributed by atoms with Gasteiger partial charge >= 0.3 is 0 Å². The molecule has 66 valence electrons. The minimum atomic E-state index is 0.374. The lowest BCUT2D eigenvalue weighted by molar-refractivity contribution is -0.119. The van der Waals surface area contributed by atoms with Gasteiger partial charge in [-0.3, -0.25) is 4.79 Å². The summed E-state index contributed by atoms with van der Waals surface area (Å²) in [6, 6.07) is 0. The Morgan fingerprint density at radius 2 is 1.82 bits per heavy atom. The van der Waals surface area contributed by atoms with Gasteiger partial charge in [-0.15, -0.1) is 11.6 Å². The lowest BCUT2D eigenvalue weighted by Gasteiger charge is -1.97. The molecule has 0 aromatic carbocycles. The molecular weight excluding hydrogens is 160 g/mol. The van der Waals surface area contributed by atoms with E-state index in [0.717, 1.165) is 19.3 Å². The average molecular weight is 177 g/mol. The second kappa shape index (κ2) is 8.06. The number of carbonyl (C=O) groups is 1. The number of ketones is 1. The van der Waals surface area contributed by atoms with Gasteiger partial charge < -0.3 is 0 Å². The molecule has 2 heteroatoms. The first-order valence-electron chi connectivity index (χ1n) is 4.39. The number of carbonyl (C=O) groups excluding carboxylic acids is 1. The summed E-state index contributed by atoms with van der Waals surface area (Å²) in [5.74, 6) is 0.985. The molecule has 0 N–H and O–H groups in total. The van der Waals surface area contributed by atoms with Gasteiger partial charge in [0.25, 0.3) is 0 Å². The molecule has 0 rings (SSSR count). The van der Waals surface area contributed by atoms with Crippen LogP contribution in [0.1, 0.15) is 45.4 Å². The van der Waals surface area contributed by atoms with Crippen molar-refractivity contribution in [3.05, 3.63) is 0 Å². The number of hydrogen-bond acceptors (Lipinski definition) is 1. The van der Waals surface area contributed by atoms with Gasteiger partial charge in [0.2, 0.25) is 0 Å². The van der Waals surface area contributed by atoms with Crippen molar-refractivity contribution in [2.24, 2.45) is 0 Å². The van der Waals surface area contributed by atoms with E-state index in [-0.39, 0.29) is 0 Å². The van der Waals surface area contributed by atoms with Crippen molar-refractivity contribution in [2.45, 2.75) is 45.4 Å². The second-order valence-corrected chi connectivity index (χ2v) is 3.17. The summed E-state index contributed by atoms with van der Waals surface area (Å²) in [6.45, 7) is 2.14. The summed E-state index contributed by atoms with van der Waals surface area (Å²) < 4.78 is 0. The van der Waals surface area contributed by atoms with Crippen LogP contribution in [0.3, 0.4) is 0 Å². The van der Waals surface area contributed by atoms with Gasteiger partial charge in [-0.2, -0.15) is 0 Å². The largest absolute Gasteiger partial charge is 0.300 e. The first-order chi connectivity index (χ1) is 5.31. The molecule has 0 aliphatic carbocycles. The summed E-state index contributed by atoms with van der Waals surface area (Å²) >= 11 is 5.45. The first-order valence-corrected chi connectivity index (χ1v) is 4.92. The summed E-state index contributed by atoms with van der Waals surface area (Å²) in [4.78, 5) is 11.0. The summed E-state index contributed by atoms with van der Waals surface area (Å²) in [6.07, 6.45) is 5.68. The number of hydrogen-bond donors (Lipinski definition) is 0. The van der Waals surface area contributed by atoms with Crippen molar-refractivity contribution in [1.82, 2.24) is 0 Å². The lowest BCUT2D eigenvalue weighted by Crippen LogP contribution is -1.97. The molecule has 0 saturated carbocycles. The predicted molar refractivity (Wildman–Crippen MR) is 49.1 cm³/mol. The van der Waals surface area contributed by atoms with Crippen LogP contribution in [-0.2, 0) is 4.79 Å². The van der Waals surface area contributed by atoms with E-state index >= 15 is 0 Å². The Kier molecular flexibility index (Phi) is 8.03. The average Bonchev–Trinajstić information content (AvgIpc) is 2.01. The zero-order chi connectivity index (χ0) is 8.53. The topological polar surface area (TPSA) is 17.1 Å². The van der Waals surface area contributed by atoms with Crippen LogP contribution >= 0.6 is 11.6 Å². The molecule has 0 heterocycles. The van der Waals surface area contributed by atoms with Crippen LogP contribution in [0.2, 0.25) is 0 Å². The normalized spacial score (nSPS) is 10.0. The third-order valence-electron chi connectivity index (χ3n) is 1.65. The van der Waals surface area contributed by atoms with Gasteiger partial charge in [-0.05, 0) is 12.8 Å². The van der Waals surface area contributed by atoms with E-state index in [0.29, 0.717) is 18.1 Å². The number of alkyl halides is 1. The van der Waals surface area contributed by atoms with Gasteiger partial charge in [0.05, 0.1) is 0 Å². The number of unbranched alkanes of at least 4 members (excludes halogenated alkanes) is 2. The molecule has 0 aromatic heterocycles. The quantitative estimate of drug-likeness (QED) is 0.430. The van der Waals surface area contributed by atoms with Crippen LogP contribution in [0.25, 0.3) is 0 Å². The van der Waals surface area contributed by atoms with Crippen molar-refractivity contribution >= 4 is 17.4 Å².